The largest absolute Gasteiger partial charge is 0.536 e. The number of benzene rings is 1. The molecule has 5 nitrogen and oxygen atoms in total. The maximum Gasteiger partial charge on any atom is 0.536 e. The van der Waals surface area contributed by atoms with Gasteiger partial charge in [-0.2, -0.15) is 0 Å². The lowest BCUT2D eigenvalue weighted by Gasteiger charge is -2.27. The van der Waals surface area contributed by atoms with Crippen LogP contribution in [0.25, 0.3) is 0 Å². The molecule has 2 rings (SSSR count). The topological polar surface area (TPSA) is 46.2 Å². The van der Waals surface area contributed by atoms with E-state index in [2.05, 4.69) is 0 Å². The van der Waals surface area contributed by atoms with Crippen molar-refractivity contribution in [2.45, 2.75) is 13.2 Å². The second kappa shape index (κ2) is 5.51. The first-order chi connectivity index (χ1) is 8.65. The Hall–Kier alpha value is -0.706. The molecule has 0 N–H and O–H groups in total. The zero-order valence-electron chi connectivity index (χ0n) is 11.0. The maximum atomic E-state index is 5.67. The predicted octanol–water partition coefficient (Wildman–Crippen LogP) is 0.799. The fraction of sp³-hybridized carbons (Fsp3) is 0.455. The van der Waals surface area contributed by atoms with Crippen molar-refractivity contribution in [3.63, 3.8) is 0 Å². The van der Waals surface area contributed by atoms with Crippen LogP contribution in [-0.4, -0.2) is 39.4 Å². The molecule has 1 heterocycles. The quantitative estimate of drug-likeness (QED) is 0.766. The lowest BCUT2D eigenvalue weighted by atomic mass is 10.2. The first kappa shape index (κ1) is 13.7. The Balaban J connectivity index is 2.36. The van der Waals surface area contributed by atoms with Gasteiger partial charge < -0.3 is 22.1 Å². The van der Waals surface area contributed by atoms with Crippen molar-refractivity contribution < 1.29 is 22.1 Å². The molecule has 99 valence electrons. The molecule has 0 aliphatic carbocycles. The molecule has 1 aromatic rings. The van der Waals surface area contributed by atoms with Gasteiger partial charge in [0.05, 0.1) is 6.61 Å². The van der Waals surface area contributed by atoms with Gasteiger partial charge >= 0.3 is 18.1 Å². The lowest BCUT2D eigenvalue weighted by molar-refractivity contribution is 0.140. The molecule has 1 radical (unpaired) electrons. The molecule has 0 aromatic heterocycles. The highest BCUT2D eigenvalue weighted by atomic mass is 28.4. The number of hydrogen-bond acceptors (Lipinski definition) is 5. The van der Waals surface area contributed by atoms with Gasteiger partial charge in [0.25, 0.3) is 0 Å². The average molecular weight is 285 g/mol. The highest BCUT2D eigenvalue weighted by Crippen LogP contribution is 2.24. The molecule has 7 heteroatoms. The summed E-state index contributed by atoms with van der Waals surface area (Å²) >= 11 is 0. The Kier molecular flexibility index (Phi) is 4.20. The molecule has 0 spiro atoms. The van der Waals surface area contributed by atoms with Crippen molar-refractivity contribution in [2.24, 2.45) is 0 Å². The summed E-state index contributed by atoms with van der Waals surface area (Å²) in [7, 11) is 0.864. The lowest BCUT2D eigenvalue weighted by Crippen LogP contribution is -2.54. The van der Waals surface area contributed by atoms with E-state index in [1.54, 1.807) is 21.3 Å². The van der Waals surface area contributed by atoms with E-state index < -0.39 is 18.1 Å². The van der Waals surface area contributed by atoms with E-state index in [4.69, 9.17) is 22.1 Å². The van der Waals surface area contributed by atoms with Crippen LogP contribution in [0.1, 0.15) is 5.56 Å². The van der Waals surface area contributed by atoms with Crippen molar-refractivity contribution in [2.75, 3.05) is 21.3 Å². The fourth-order valence-electron chi connectivity index (χ4n) is 1.95. The summed E-state index contributed by atoms with van der Waals surface area (Å²) in [5, 5.41) is 0.910. The Bertz CT molecular complexity index is 414. The SMILES string of the molecule is CO[Si](OC)(OC)c1ccc2c(c1)CO[Si](C)O2. The molecule has 0 bridgehead atoms. The highest BCUT2D eigenvalue weighted by molar-refractivity contribution is 6.75. The highest BCUT2D eigenvalue weighted by Gasteiger charge is 2.41. The van der Waals surface area contributed by atoms with Gasteiger partial charge in [-0.05, 0) is 18.7 Å². The van der Waals surface area contributed by atoms with E-state index in [0.717, 1.165) is 16.5 Å². The van der Waals surface area contributed by atoms with Crippen LogP contribution in [-0.2, 0) is 24.3 Å². The molecule has 0 unspecified atom stereocenters. The van der Waals surface area contributed by atoms with Crippen LogP contribution < -0.4 is 9.61 Å². The smallest absolute Gasteiger partial charge is 0.519 e. The third-order valence-electron chi connectivity index (χ3n) is 2.90. The minimum Gasteiger partial charge on any atom is -0.519 e. The fourth-order valence-corrected chi connectivity index (χ4v) is 4.72. The van der Waals surface area contributed by atoms with Gasteiger partial charge in [-0.1, -0.05) is 6.07 Å². The molecular weight excluding hydrogens is 268 g/mol. The van der Waals surface area contributed by atoms with Crippen molar-refractivity contribution in [1.29, 1.82) is 0 Å². The molecular formula is C11H17O5Si2. The number of fused-ring (bicyclic) bond motifs is 1. The molecule has 0 saturated carbocycles. The molecule has 18 heavy (non-hydrogen) atoms. The van der Waals surface area contributed by atoms with Gasteiger partial charge in [0.1, 0.15) is 5.75 Å². The third kappa shape index (κ3) is 2.37. The molecule has 1 aliphatic rings. The van der Waals surface area contributed by atoms with Crippen LogP contribution in [0.3, 0.4) is 0 Å². The van der Waals surface area contributed by atoms with Crippen LogP contribution in [0, 0.1) is 0 Å². The van der Waals surface area contributed by atoms with E-state index >= 15 is 0 Å². The van der Waals surface area contributed by atoms with Gasteiger partial charge in [-0.3, -0.25) is 0 Å². The van der Waals surface area contributed by atoms with Crippen LogP contribution >= 0.6 is 0 Å². The van der Waals surface area contributed by atoms with Crippen LogP contribution in [0.15, 0.2) is 18.2 Å². The Morgan fingerprint density at radius 2 is 1.83 bits per heavy atom. The molecule has 0 atom stereocenters. The van der Waals surface area contributed by atoms with E-state index in [9.17, 15) is 0 Å². The zero-order valence-corrected chi connectivity index (χ0v) is 13.0. The van der Waals surface area contributed by atoms with Gasteiger partial charge in [-0.15, -0.1) is 0 Å². The Labute approximate surface area is 110 Å². The number of rotatable bonds is 4. The van der Waals surface area contributed by atoms with Crippen LogP contribution in [0.4, 0.5) is 0 Å². The zero-order chi connectivity index (χ0) is 13.2. The first-order valence-electron chi connectivity index (χ1n) is 5.58. The summed E-state index contributed by atoms with van der Waals surface area (Å²) in [5.41, 5.74) is 1.01. The standard InChI is InChI=1S/C11H17O5Si2/c1-12-18(13-2,14-3)10-5-6-11-9(7-10)8-15-17(4)16-11/h5-7H,8H2,1-4H3. The van der Waals surface area contributed by atoms with Crippen molar-refractivity contribution in [1.82, 2.24) is 0 Å². The molecule has 1 aromatic carbocycles. The van der Waals surface area contributed by atoms with E-state index in [1.807, 2.05) is 24.7 Å². The summed E-state index contributed by atoms with van der Waals surface area (Å²) in [6.45, 7) is 2.54. The van der Waals surface area contributed by atoms with E-state index in [0.29, 0.717) is 6.61 Å². The number of hydrogen-bond donors (Lipinski definition) is 0. The monoisotopic (exact) mass is 285 g/mol. The van der Waals surface area contributed by atoms with E-state index in [-0.39, 0.29) is 0 Å². The molecule has 1 aliphatic heterocycles. The van der Waals surface area contributed by atoms with E-state index in [1.165, 1.54) is 0 Å². The molecule has 0 saturated heterocycles. The maximum absolute atomic E-state index is 5.67. The van der Waals surface area contributed by atoms with Crippen LogP contribution in [0.5, 0.6) is 5.75 Å². The normalized spacial score (nSPS) is 16.2. The van der Waals surface area contributed by atoms with Crippen molar-refractivity contribution in [3.8, 4) is 5.75 Å². The first-order valence-corrected chi connectivity index (χ1v) is 9.12. The predicted molar refractivity (Wildman–Crippen MR) is 69.9 cm³/mol. The van der Waals surface area contributed by atoms with Crippen molar-refractivity contribution >= 4 is 23.3 Å². The van der Waals surface area contributed by atoms with Gasteiger partial charge in [-0.25, -0.2) is 0 Å². The average Bonchev–Trinajstić information content (AvgIpc) is 2.41. The summed E-state index contributed by atoms with van der Waals surface area (Å²) in [5.74, 6) is 0.882. The second-order valence-electron chi connectivity index (χ2n) is 3.87. The van der Waals surface area contributed by atoms with Gasteiger partial charge in [0.2, 0.25) is 0 Å². The second-order valence-corrected chi connectivity index (χ2v) is 8.26. The minimum absolute atomic E-state index is 0.565. The Morgan fingerprint density at radius 1 is 1.17 bits per heavy atom. The Morgan fingerprint density at radius 3 is 2.44 bits per heavy atom. The van der Waals surface area contributed by atoms with Crippen LogP contribution in [0.2, 0.25) is 6.55 Å². The molecule has 0 amide bonds. The summed E-state index contributed by atoms with van der Waals surface area (Å²) < 4.78 is 27.6. The van der Waals surface area contributed by atoms with Crippen molar-refractivity contribution in [3.05, 3.63) is 23.8 Å². The molecule has 0 fully saturated rings. The van der Waals surface area contributed by atoms with Gasteiger partial charge in [0, 0.05) is 32.1 Å². The summed E-state index contributed by atoms with van der Waals surface area (Å²) in [4.78, 5) is 0. The third-order valence-corrected chi connectivity index (χ3v) is 6.59. The summed E-state index contributed by atoms with van der Waals surface area (Å²) in [6, 6.07) is 5.84. The summed E-state index contributed by atoms with van der Waals surface area (Å²) in [6.07, 6.45) is 0. The minimum atomic E-state index is -2.77. The van der Waals surface area contributed by atoms with Gasteiger partial charge in [0.15, 0.2) is 0 Å².